The molecule has 1 aliphatic heterocycles. The molecule has 31 heavy (non-hydrogen) atoms. The van der Waals surface area contributed by atoms with Crippen LogP contribution < -0.4 is 11.1 Å². The van der Waals surface area contributed by atoms with E-state index in [1.807, 2.05) is 24.3 Å². The van der Waals surface area contributed by atoms with Crippen molar-refractivity contribution in [3.8, 4) is 0 Å². The fourth-order valence-corrected chi connectivity index (χ4v) is 3.70. The lowest BCUT2D eigenvalue weighted by Gasteiger charge is -2.26. The van der Waals surface area contributed by atoms with Crippen LogP contribution in [0.1, 0.15) is 37.0 Å². The Labute approximate surface area is 183 Å². The molecule has 1 aromatic heterocycles. The van der Waals surface area contributed by atoms with E-state index in [1.165, 1.54) is 13.0 Å². The van der Waals surface area contributed by atoms with Crippen molar-refractivity contribution in [2.75, 3.05) is 19.8 Å². The van der Waals surface area contributed by atoms with Gasteiger partial charge in [-0.1, -0.05) is 35.0 Å². The Morgan fingerprint density at radius 2 is 2.19 bits per heavy atom. The monoisotopic (exact) mass is 447 g/mol. The maximum absolute atomic E-state index is 14.0. The van der Waals surface area contributed by atoms with Crippen molar-refractivity contribution in [2.24, 2.45) is 10.7 Å². The molecule has 0 spiro atoms. The molecule has 1 unspecified atom stereocenters. The second-order valence-electron chi connectivity index (χ2n) is 7.74. The minimum atomic E-state index is -1.43. The number of carbonyl (C=O) groups is 1. The number of hydrogen-bond donors (Lipinski definition) is 2. The molecule has 3 N–H and O–H groups in total. The molecule has 10 heteroatoms. The number of halogens is 2. The molecule has 1 aliphatic carbocycles. The SMILES string of the molecule is CC(F)C(/C=C(\N)c1nc(C2(c3ccccc3Cl)CC2)no1)=NCC(=O)NC1COC1. The predicted molar refractivity (Wildman–Crippen MR) is 114 cm³/mol. The quantitative estimate of drug-likeness (QED) is 0.600. The first-order chi connectivity index (χ1) is 14.9. The van der Waals surface area contributed by atoms with Crippen molar-refractivity contribution >= 4 is 28.9 Å². The molecule has 8 nitrogen and oxygen atoms in total. The number of hydrogen-bond acceptors (Lipinski definition) is 7. The Bertz CT molecular complexity index is 1030. The highest BCUT2D eigenvalue weighted by molar-refractivity contribution is 6.31. The van der Waals surface area contributed by atoms with Gasteiger partial charge in [0.1, 0.15) is 12.7 Å². The lowest BCUT2D eigenvalue weighted by molar-refractivity contribution is -0.123. The summed E-state index contributed by atoms with van der Waals surface area (Å²) in [4.78, 5) is 20.4. The summed E-state index contributed by atoms with van der Waals surface area (Å²) in [6, 6.07) is 7.53. The van der Waals surface area contributed by atoms with Gasteiger partial charge in [0.05, 0.1) is 36.1 Å². The van der Waals surface area contributed by atoms with Gasteiger partial charge in [-0.2, -0.15) is 4.98 Å². The van der Waals surface area contributed by atoms with Gasteiger partial charge in [-0.15, -0.1) is 0 Å². The van der Waals surface area contributed by atoms with E-state index in [0.29, 0.717) is 24.1 Å². The molecular weight excluding hydrogens is 425 g/mol. The summed E-state index contributed by atoms with van der Waals surface area (Å²) in [6.07, 6.45) is 1.57. The molecule has 2 aromatic rings. The van der Waals surface area contributed by atoms with Crippen LogP contribution in [0.3, 0.4) is 0 Å². The average Bonchev–Trinajstić information content (AvgIpc) is 3.35. The van der Waals surface area contributed by atoms with Crippen LogP contribution in [0.15, 0.2) is 39.9 Å². The van der Waals surface area contributed by atoms with Crippen molar-refractivity contribution < 1.29 is 18.4 Å². The molecular formula is C21H23ClFN5O3. The molecule has 164 valence electrons. The van der Waals surface area contributed by atoms with Crippen molar-refractivity contribution in [1.82, 2.24) is 15.5 Å². The Morgan fingerprint density at radius 1 is 1.45 bits per heavy atom. The molecule has 2 aliphatic rings. The third kappa shape index (κ3) is 4.62. The standard InChI is InChI=1S/C21H23ClFN5O3/c1-12(23)17(25-9-18(29)26-13-10-30-11-13)8-16(24)19-27-20(28-31-19)21(6-7-21)14-4-2-3-5-15(14)22/h2-5,8,12-13H,6-7,9-11,24H2,1H3,(H,26,29)/b16-8-,25-17?. The number of aromatic nitrogens is 2. The Morgan fingerprint density at radius 3 is 2.81 bits per heavy atom. The third-order valence-electron chi connectivity index (χ3n) is 5.36. The van der Waals surface area contributed by atoms with E-state index in [1.54, 1.807) is 0 Å². The molecule has 1 saturated heterocycles. The molecule has 1 aromatic carbocycles. The summed E-state index contributed by atoms with van der Waals surface area (Å²) in [7, 11) is 0. The fourth-order valence-electron chi connectivity index (χ4n) is 3.39. The molecule has 2 fully saturated rings. The fraction of sp³-hybridized carbons (Fsp3) is 0.429. The minimum absolute atomic E-state index is 0.0146. The zero-order valence-electron chi connectivity index (χ0n) is 17.0. The van der Waals surface area contributed by atoms with Crippen LogP contribution in [0.5, 0.6) is 0 Å². The van der Waals surface area contributed by atoms with Gasteiger partial charge in [0.15, 0.2) is 5.82 Å². The first-order valence-corrected chi connectivity index (χ1v) is 10.4. The summed E-state index contributed by atoms with van der Waals surface area (Å²) in [5.74, 6) is 0.243. The van der Waals surface area contributed by atoms with Crippen molar-refractivity contribution in [3.05, 3.63) is 52.6 Å². The van der Waals surface area contributed by atoms with Crippen LogP contribution in [0.2, 0.25) is 5.02 Å². The number of aliphatic imine (C=N–C) groups is 1. The van der Waals surface area contributed by atoms with E-state index in [4.69, 9.17) is 26.6 Å². The van der Waals surface area contributed by atoms with E-state index in [2.05, 4.69) is 20.4 Å². The smallest absolute Gasteiger partial charge is 0.273 e. The second-order valence-corrected chi connectivity index (χ2v) is 8.15. The van der Waals surface area contributed by atoms with Gasteiger partial charge in [-0.3, -0.25) is 9.79 Å². The zero-order valence-corrected chi connectivity index (χ0v) is 17.7. The number of nitrogens with two attached hydrogens (primary N) is 1. The number of nitrogens with zero attached hydrogens (tertiary/aromatic N) is 3. The zero-order chi connectivity index (χ0) is 22.0. The van der Waals surface area contributed by atoms with Crippen molar-refractivity contribution in [3.63, 3.8) is 0 Å². The molecule has 0 radical (unpaired) electrons. The van der Waals surface area contributed by atoms with Crippen molar-refractivity contribution in [1.29, 1.82) is 0 Å². The Balaban J connectivity index is 1.50. The lowest BCUT2D eigenvalue weighted by atomic mass is 9.95. The topological polar surface area (TPSA) is 116 Å². The summed E-state index contributed by atoms with van der Waals surface area (Å²) < 4.78 is 24.4. The average molecular weight is 448 g/mol. The van der Waals surface area contributed by atoms with Gasteiger partial charge in [-0.05, 0) is 37.5 Å². The van der Waals surface area contributed by atoms with Crippen LogP contribution in [-0.4, -0.2) is 53.7 Å². The van der Waals surface area contributed by atoms with Crippen LogP contribution >= 0.6 is 11.6 Å². The van der Waals surface area contributed by atoms with E-state index in [-0.39, 0.29) is 35.8 Å². The largest absolute Gasteiger partial charge is 0.394 e. The molecule has 1 atom stereocenters. The maximum Gasteiger partial charge on any atom is 0.273 e. The number of carbonyl (C=O) groups excluding carboxylic acids is 1. The highest BCUT2D eigenvalue weighted by atomic mass is 35.5. The highest BCUT2D eigenvalue weighted by Gasteiger charge is 2.51. The van der Waals surface area contributed by atoms with E-state index < -0.39 is 11.6 Å². The highest BCUT2D eigenvalue weighted by Crippen LogP contribution is 2.54. The molecule has 4 rings (SSSR count). The number of alkyl halides is 1. The first kappa shape index (κ1) is 21.5. The normalized spacial score (nSPS) is 19.6. The van der Waals surface area contributed by atoms with Crippen LogP contribution in [0, 0.1) is 0 Å². The third-order valence-corrected chi connectivity index (χ3v) is 5.69. The number of amides is 1. The summed E-state index contributed by atoms with van der Waals surface area (Å²) in [6.45, 7) is 2.05. The molecule has 1 saturated carbocycles. The number of rotatable bonds is 8. The molecule has 2 heterocycles. The molecule has 0 bridgehead atoms. The maximum atomic E-state index is 14.0. The number of allylic oxidation sites excluding steroid dienone is 1. The van der Waals surface area contributed by atoms with Gasteiger partial charge < -0.3 is 20.3 Å². The van der Waals surface area contributed by atoms with Gasteiger partial charge in [0, 0.05) is 5.02 Å². The second kappa shape index (κ2) is 8.76. The lowest BCUT2D eigenvalue weighted by Crippen LogP contribution is -2.49. The first-order valence-electron chi connectivity index (χ1n) is 10.0. The van der Waals surface area contributed by atoms with E-state index in [0.717, 1.165) is 18.4 Å². The minimum Gasteiger partial charge on any atom is -0.394 e. The van der Waals surface area contributed by atoms with Crippen LogP contribution in [-0.2, 0) is 14.9 Å². The Kier molecular flexibility index (Phi) is 6.06. The number of benzene rings is 1. The summed E-state index contributed by atoms with van der Waals surface area (Å²) in [5.41, 5.74) is 6.71. The van der Waals surface area contributed by atoms with Gasteiger partial charge in [0.25, 0.3) is 5.89 Å². The van der Waals surface area contributed by atoms with E-state index >= 15 is 0 Å². The summed E-state index contributed by atoms with van der Waals surface area (Å²) in [5, 5.41) is 7.48. The number of ether oxygens (including phenoxy) is 1. The van der Waals surface area contributed by atoms with Gasteiger partial charge in [-0.25, -0.2) is 4.39 Å². The van der Waals surface area contributed by atoms with Crippen LogP contribution in [0.4, 0.5) is 4.39 Å². The predicted octanol–water partition coefficient (Wildman–Crippen LogP) is 2.42. The van der Waals surface area contributed by atoms with Crippen LogP contribution in [0.25, 0.3) is 5.70 Å². The summed E-state index contributed by atoms with van der Waals surface area (Å²) >= 11 is 6.36. The van der Waals surface area contributed by atoms with Gasteiger partial charge >= 0.3 is 0 Å². The number of nitrogens with one attached hydrogen (secondary N) is 1. The molecule has 1 amide bonds. The van der Waals surface area contributed by atoms with Gasteiger partial charge in [0.2, 0.25) is 5.91 Å². The van der Waals surface area contributed by atoms with E-state index in [9.17, 15) is 9.18 Å². The Hall–Kier alpha value is -2.78. The van der Waals surface area contributed by atoms with Crippen molar-refractivity contribution in [2.45, 2.75) is 37.4 Å².